The van der Waals surface area contributed by atoms with Crippen molar-refractivity contribution in [3.63, 3.8) is 0 Å². The van der Waals surface area contributed by atoms with Gasteiger partial charge in [0.25, 0.3) is 0 Å². The number of anilines is 1. The summed E-state index contributed by atoms with van der Waals surface area (Å²) in [5, 5.41) is 7.82. The van der Waals surface area contributed by atoms with E-state index in [0.717, 1.165) is 42.4 Å². The number of nitrogens with one attached hydrogen (secondary N) is 1. The molecule has 0 aliphatic heterocycles. The van der Waals surface area contributed by atoms with Gasteiger partial charge < -0.3 is 5.32 Å². The van der Waals surface area contributed by atoms with Crippen molar-refractivity contribution in [1.29, 1.82) is 0 Å². The maximum absolute atomic E-state index is 4.46. The maximum atomic E-state index is 4.46. The molecule has 1 N–H and O–H groups in total. The van der Waals surface area contributed by atoms with Crippen LogP contribution in [-0.4, -0.2) is 26.3 Å². The molecule has 5 nitrogen and oxygen atoms in total. The number of hydrogen-bond acceptors (Lipinski definition) is 4. The fraction of sp³-hybridized carbons (Fsp3) is 0.278. The molecule has 0 fully saturated rings. The second-order valence-electron chi connectivity index (χ2n) is 5.62. The summed E-state index contributed by atoms with van der Waals surface area (Å²) in [7, 11) is 0. The van der Waals surface area contributed by atoms with Gasteiger partial charge in [-0.05, 0) is 38.3 Å². The average molecular weight is 307 g/mol. The van der Waals surface area contributed by atoms with Gasteiger partial charge in [0.15, 0.2) is 5.82 Å². The molecule has 0 amide bonds. The van der Waals surface area contributed by atoms with Gasteiger partial charge in [-0.2, -0.15) is 5.10 Å². The molecule has 0 saturated heterocycles. The van der Waals surface area contributed by atoms with Crippen LogP contribution in [-0.2, 0) is 6.42 Å². The van der Waals surface area contributed by atoms with Crippen LogP contribution >= 0.6 is 0 Å². The van der Waals surface area contributed by atoms with Crippen molar-refractivity contribution < 1.29 is 0 Å². The normalized spacial score (nSPS) is 10.7. The Balaban J connectivity index is 1.59. The summed E-state index contributed by atoms with van der Waals surface area (Å²) in [6.45, 7) is 4.88. The summed E-state index contributed by atoms with van der Waals surface area (Å²) in [4.78, 5) is 8.59. The lowest BCUT2D eigenvalue weighted by molar-refractivity contribution is 0.798. The highest BCUT2D eigenvalue weighted by atomic mass is 15.3. The van der Waals surface area contributed by atoms with Crippen molar-refractivity contribution in [3.05, 3.63) is 65.7 Å². The Bertz CT molecular complexity index is 764. The number of benzene rings is 1. The Labute approximate surface area is 136 Å². The standard InChI is InChI=1S/C18H21N5/c1-14-11-15(2)23(22-14)18-12-17(20-13-21-18)19-10-6-9-16-7-4-3-5-8-16/h3-5,7-8,11-13H,6,9-10H2,1-2H3,(H,19,20,21). The summed E-state index contributed by atoms with van der Waals surface area (Å²) < 4.78 is 1.84. The molecule has 0 saturated carbocycles. The van der Waals surface area contributed by atoms with E-state index < -0.39 is 0 Å². The van der Waals surface area contributed by atoms with Crippen molar-refractivity contribution in [2.24, 2.45) is 0 Å². The molecule has 0 radical (unpaired) electrons. The zero-order chi connectivity index (χ0) is 16.1. The molecule has 23 heavy (non-hydrogen) atoms. The second-order valence-corrected chi connectivity index (χ2v) is 5.62. The van der Waals surface area contributed by atoms with Crippen LogP contribution in [0.5, 0.6) is 0 Å². The molecule has 5 heteroatoms. The zero-order valence-corrected chi connectivity index (χ0v) is 13.5. The number of aryl methyl sites for hydroxylation is 3. The van der Waals surface area contributed by atoms with Crippen LogP contribution in [0, 0.1) is 13.8 Å². The molecule has 0 aliphatic rings. The molecule has 0 atom stereocenters. The Morgan fingerprint density at radius 2 is 1.87 bits per heavy atom. The predicted molar refractivity (Wildman–Crippen MR) is 91.9 cm³/mol. The first-order valence-corrected chi connectivity index (χ1v) is 7.86. The number of hydrogen-bond donors (Lipinski definition) is 1. The van der Waals surface area contributed by atoms with Crippen LogP contribution in [0.4, 0.5) is 5.82 Å². The van der Waals surface area contributed by atoms with Crippen LogP contribution in [0.25, 0.3) is 5.82 Å². The highest BCUT2D eigenvalue weighted by Crippen LogP contribution is 2.12. The predicted octanol–water partition coefficient (Wildman–Crippen LogP) is 3.32. The van der Waals surface area contributed by atoms with Crippen molar-refractivity contribution in [2.75, 3.05) is 11.9 Å². The van der Waals surface area contributed by atoms with E-state index in [1.807, 2.05) is 36.7 Å². The molecule has 2 aromatic heterocycles. The number of rotatable bonds is 6. The fourth-order valence-electron chi connectivity index (χ4n) is 2.57. The third-order valence-electron chi connectivity index (χ3n) is 3.67. The maximum Gasteiger partial charge on any atom is 0.159 e. The van der Waals surface area contributed by atoms with Gasteiger partial charge in [0, 0.05) is 18.3 Å². The molecule has 1 aromatic carbocycles. The first-order chi connectivity index (χ1) is 11.2. The Kier molecular flexibility index (Phi) is 4.66. The van der Waals surface area contributed by atoms with Crippen molar-refractivity contribution in [1.82, 2.24) is 19.7 Å². The molecule has 3 rings (SSSR count). The minimum absolute atomic E-state index is 0.788. The minimum atomic E-state index is 0.788. The molecule has 2 heterocycles. The van der Waals surface area contributed by atoms with Crippen LogP contribution < -0.4 is 5.32 Å². The summed E-state index contributed by atoms with van der Waals surface area (Å²) in [5.74, 6) is 1.62. The van der Waals surface area contributed by atoms with Gasteiger partial charge in [0.05, 0.1) is 5.69 Å². The molecular weight excluding hydrogens is 286 g/mol. The monoisotopic (exact) mass is 307 g/mol. The van der Waals surface area contributed by atoms with Gasteiger partial charge in [-0.3, -0.25) is 0 Å². The van der Waals surface area contributed by atoms with Gasteiger partial charge in [0.1, 0.15) is 12.1 Å². The van der Waals surface area contributed by atoms with Gasteiger partial charge in [0.2, 0.25) is 0 Å². The van der Waals surface area contributed by atoms with E-state index >= 15 is 0 Å². The first kappa shape index (κ1) is 15.2. The van der Waals surface area contributed by atoms with Crippen LogP contribution in [0.3, 0.4) is 0 Å². The SMILES string of the molecule is Cc1cc(C)n(-c2cc(NCCCc3ccccc3)ncn2)n1. The zero-order valence-electron chi connectivity index (χ0n) is 13.5. The Hall–Kier alpha value is -2.69. The van der Waals surface area contributed by atoms with E-state index in [1.165, 1.54) is 5.56 Å². The molecular formula is C18H21N5. The summed E-state index contributed by atoms with van der Waals surface area (Å²) in [5.41, 5.74) is 3.41. The number of aromatic nitrogens is 4. The molecule has 118 valence electrons. The topological polar surface area (TPSA) is 55.6 Å². The average Bonchev–Trinajstić information content (AvgIpc) is 2.91. The van der Waals surface area contributed by atoms with Crippen LogP contribution in [0.2, 0.25) is 0 Å². The fourth-order valence-corrected chi connectivity index (χ4v) is 2.57. The Morgan fingerprint density at radius 3 is 2.61 bits per heavy atom. The molecule has 0 aliphatic carbocycles. The molecule has 3 aromatic rings. The van der Waals surface area contributed by atoms with Gasteiger partial charge >= 0.3 is 0 Å². The summed E-state index contributed by atoms with van der Waals surface area (Å²) in [6.07, 6.45) is 3.69. The van der Waals surface area contributed by atoms with Crippen molar-refractivity contribution >= 4 is 5.82 Å². The third kappa shape index (κ3) is 3.94. The lowest BCUT2D eigenvalue weighted by atomic mass is 10.1. The van der Waals surface area contributed by atoms with Gasteiger partial charge in [-0.15, -0.1) is 0 Å². The largest absolute Gasteiger partial charge is 0.370 e. The highest BCUT2D eigenvalue weighted by Gasteiger charge is 2.06. The van der Waals surface area contributed by atoms with E-state index in [1.54, 1.807) is 6.33 Å². The van der Waals surface area contributed by atoms with Gasteiger partial charge in [-0.1, -0.05) is 30.3 Å². The van der Waals surface area contributed by atoms with Crippen LogP contribution in [0.1, 0.15) is 23.4 Å². The number of nitrogens with zero attached hydrogens (tertiary/aromatic N) is 4. The second kappa shape index (κ2) is 7.05. The lowest BCUT2D eigenvalue weighted by Gasteiger charge is -2.08. The van der Waals surface area contributed by atoms with E-state index in [-0.39, 0.29) is 0 Å². The molecule has 0 unspecified atom stereocenters. The summed E-state index contributed by atoms with van der Waals surface area (Å²) in [6, 6.07) is 14.5. The first-order valence-electron chi connectivity index (χ1n) is 7.86. The smallest absolute Gasteiger partial charge is 0.159 e. The molecule has 0 spiro atoms. The van der Waals surface area contributed by atoms with Crippen molar-refractivity contribution in [2.45, 2.75) is 26.7 Å². The molecule has 0 bridgehead atoms. The minimum Gasteiger partial charge on any atom is -0.370 e. The van der Waals surface area contributed by atoms with E-state index in [9.17, 15) is 0 Å². The van der Waals surface area contributed by atoms with Crippen molar-refractivity contribution in [3.8, 4) is 5.82 Å². The quantitative estimate of drug-likeness (QED) is 0.710. The van der Waals surface area contributed by atoms with Gasteiger partial charge in [-0.25, -0.2) is 14.6 Å². The van der Waals surface area contributed by atoms with E-state index in [4.69, 9.17) is 0 Å². The van der Waals surface area contributed by atoms with E-state index in [0.29, 0.717) is 0 Å². The lowest BCUT2D eigenvalue weighted by Crippen LogP contribution is -2.08. The van der Waals surface area contributed by atoms with E-state index in [2.05, 4.69) is 44.6 Å². The highest BCUT2D eigenvalue weighted by molar-refractivity contribution is 5.40. The third-order valence-corrected chi connectivity index (χ3v) is 3.67. The Morgan fingerprint density at radius 1 is 1.04 bits per heavy atom. The van der Waals surface area contributed by atoms with Crippen LogP contribution in [0.15, 0.2) is 48.8 Å². The summed E-state index contributed by atoms with van der Waals surface area (Å²) >= 11 is 0.